The zero-order valence-corrected chi connectivity index (χ0v) is 47.3. The zero-order valence-electron chi connectivity index (χ0n) is 47.3. The van der Waals surface area contributed by atoms with Gasteiger partial charge in [0.15, 0.2) is 0 Å². The summed E-state index contributed by atoms with van der Waals surface area (Å²) in [6, 6.07) is -0.749. The van der Waals surface area contributed by atoms with E-state index >= 15 is 0 Å². The van der Waals surface area contributed by atoms with Crippen molar-refractivity contribution in [2.45, 2.75) is 347 Å². The van der Waals surface area contributed by atoms with Crippen LogP contribution in [0.15, 0.2) is 36.5 Å². The van der Waals surface area contributed by atoms with Gasteiger partial charge in [-0.3, -0.25) is 9.59 Å². The largest absolute Gasteiger partial charge is 0.466 e. The molecule has 7 heteroatoms. The van der Waals surface area contributed by atoms with Gasteiger partial charge >= 0.3 is 5.97 Å². The Hall–Kier alpha value is -1.96. The molecular formula is C64H121NO6. The molecule has 7 nitrogen and oxygen atoms in total. The summed E-state index contributed by atoms with van der Waals surface area (Å²) in [5.41, 5.74) is 0. The number of unbranched alkanes of at least 4 members (excludes halogenated alkanes) is 41. The number of aliphatic hydroxyl groups is 3. The molecule has 0 rings (SSSR count). The monoisotopic (exact) mass is 1000 g/mol. The maximum atomic E-state index is 12.5. The molecule has 0 saturated carbocycles. The fourth-order valence-electron chi connectivity index (χ4n) is 9.62. The fourth-order valence-corrected chi connectivity index (χ4v) is 9.62. The number of esters is 1. The van der Waals surface area contributed by atoms with Gasteiger partial charge in [-0.15, -0.1) is 0 Å². The number of hydrogen-bond donors (Lipinski definition) is 4. The van der Waals surface area contributed by atoms with Crippen molar-refractivity contribution in [1.82, 2.24) is 5.32 Å². The molecule has 0 unspecified atom stereocenters. The van der Waals surface area contributed by atoms with Crippen LogP contribution in [0.3, 0.4) is 0 Å². The average Bonchev–Trinajstić information content (AvgIpc) is 3.37. The number of carbonyl (C=O) groups excluding carboxylic acids is 2. The van der Waals surface area contributed by atoms with E-state index in [0.29, 0.717) is 25.9 Å². The van der Waals surface area contributed by atoms with Crippen molar-refractivity contribution >= 4 is 11.9 Å². The molecule has 0 aromatic carbocycles. The molecule has 0 aliphatic carbocycles. The zero-order chi connectivity index (χ0) is 51.6. The molecule has 0 aromatic rings. The molecule has 3 atom stereocenters. The molecule has 0 fully saturated rings. The van der Waals surface area contributed by atoms with Crippen molar-refractivity contribution in [1.29, 1.82) is 0 Å². The molecule has 0 aromatic heterocycles. The molecule has 418 valence electrons. The van der Waals surface area contributed by atoms with E-state index in [9.17, 15) is 24.9 Å². The minimum atomic E-state index is -1.02. The van der Waals surface area contributed by atoms with E-state index in [1.54, 1.807) is 6.08 Å². The van der Waals surface area contributed by atoms with Gasteiger partial charge in [-0.1, -0.05) is 294 Å². The maximum absolute atomic E-state index is 12.5. The van der Waals surface area contributed by atoms with Gasteiger partial charge < -0.3 is 25.4 Å². The first kappa shape index (κ1) is 69.0. The van der Waals surface area contributed by atoms with Crippen molar-refractivity contribution in [2.75, 3.05) is 13.2 Å². The van der Waals surface area contributed by atoms with Crippen LogP contribution in [-0.4, -0.2) is 58.7 Å². The van der Waals surface area contributed by atoms with Crippen LogP contribution in [0.4, 0.5) is 0 Å². The highest BCUT2D eigenvalue weighted by Crippen LogP contribution is 2.18. The molecule has 0 spiro atoms. The van der Waals surface area contributed by atoms with E-state index in [0.717, 1.165) is 57.8 Å². The normalized spacial score (nSPS) is 13.3. The van der Waals surface area contributed by atoms with Gasteiger partial charge in [0.25, 0.3) is 0 Å². The number of nitrogens with one attached hydrogen (secondary N) is 1. The van der Waals surface area contributed by atoms with Gasteiger partial charge in [-0.05, 0) is 57.8 Å². The summed E-state index contributed by atoms with van der Waals surface area (Å²) in [5, 5.41) is 33.3. The Bertz CT molecular complexity index is 1170. The Labute approximate surface area is 441 Å². The summed E-state index contributed by atoms with van der Waals surface area (Å²) in [4.78, 5) is 24.5. The molecule has 0 heterocycles. The third-order valence-electron chi connectivity index (χ3n) is 14.5. The molecule has 1 amide bonds. The lowest BCUT2D eigenvalue weighted by Gasteiger charge is -2.20. The molecule has 0 aliphatic rings. The van der Waals surface area contributed by atoms with E-state index < -0.39 is 18.2 Å². The lowest BCUT2D eigenvalue weighted by atomic mass is 10.0. The SMILES string of the molecule is CCCCC/C=C\C/C=C\CCCCCCCC(=O)OCCCCCCCCCCCCCCCCCCCCCCCCCCCC(=O)N[C@@H](CO)[C@H](O)/C=C/[C@H](O)CCCCCCCCCCCC. The Morgan fingerprint density at radius 1 is 0.423 bits per heavy atom. The highest BCUT2D eigenvalue weighted by atomic mass is 16.5. The summed E-state index contributed by atoms with van der Waals surface area (Å²) in [6.45, 7) is 4.77. The van der Waals surface area contributed by atoms with Crippen LogP contribution in [0.2, 0.25) is 0 Å². The summed E-state index contributed by atoms with van der Waals surface area (Å²) in [5.74, 6) is -0.131. The Morgan fingerprint density at radius 3 is 1.21 bits per heavy atom. The standard InChI is InChI=1S/C64H121NO6/c1-3-5-7-9-11-13-15-16-28-32-35-39-43-47-51-55-64(70)71-58-52-48-44-40-36-33-30-27-25-23-21-19-17-18-20-22-24-26-29-31-34-38-42-46-50-54-63(69)65-61(59-66)62(68)57-56-60(67)53-49-45-41-37-14-12-10-8-6-4-2/h11,13,16,28,56-57,60-62,66-68H,3-10,12,14-15,17-27,29-55,58-59H2,1-2H3,(H,65,69)/b13-11-,28-16-,57-56+/t60-,61+,62-/m1/s1. The van der Waals surface area contributed by atoms with Crippen LogP contribution in [0.1, 0.15) is 328 Å². The van der Waals surface area contributed by atoms with Crippen molar-refractivity contribution < 1.29 is 29.6 Å². The van der Waals surface area contributed by atoms with E-state index in [4.69, 9.17) is 4.74 Å². The summed E-state index contributed by atoms with van der Waals surface area (Å²) in [6.07, 6.45) is 70.6. The number of carbonyl (C=O) groups is 2. The van der Waals surface area contributed by atoms with Crippen LogP contribution < -0.4 is 5.32 Å². The first-order valence-corrected chi connectivity index (χ1v) is 31.3. The number of rotatable bonds is 58. The smallest absolute Gasteiger partial charge is 0.305 e. The number of aliphatic hydroxyl groups excluding tert-OH is 3. The van der Waals surface area contributed by atoms with Crippen LogP contribution in [0.5, 0.6) is 0 Å². The van der Waals surface area contributed by atoms with E-state index in [1.807, 2.05) is 0 Å². The first-order chi connectivity index (χ1) is 34.9. The average molecular weight is 1000 g/mol. The molecule has 0 radical (unpaired) electrons. The van der Waals surface area contributed by atoms with Crippen LogP contribution in [0.25, 0.3) is 0 Å². The fraction of sp³-hybridized carbons (Fsp3) is 0.875. The minimum Gasteiger partial charge on any atom is -0.466 e. The maximum Gasteiger partial charge on any atom is 0.305 e. The molecule has 4 N–H and O–H groups in total. The number of allylic oxidation sites excluding steroid dienone is 4. The number of ether oxygens (including phenoxy) is 1. The second kappa shape index (κ2) is 58.9. The second-order valence-electron chi connectivity index (χ2n) is 21.6. The van der Waals surface area contributed by atoms with Gasteiger partial charge in [0.1, 0.15) is 0 Å². The lowest BCUT2D eigenvalue weighted by Crippen LogP contribution is -2.45. The van der Waals surface area contributed by atoms with Crippen molar-refractivity contribution in [2.24, 2.45) is 0 Å². The number of hydrogen-bond acceptors (Lipinski definition) is 6. The molecule has 0 bridgehead atoms. The summed E-state index contributed by atoms with van der Waals surface area (Å²) < 4.78 is 5.48. The van der Waals surface area contributed by atoms with Crippen molar-refractivity contribution in [3.05, 3.63) is 36.5 Å². The predicted octanol–water partition coefficient (Wildman–Crippen LogP) is 18.6. The Kier molecular flexibility index (Phi) is 57.3. The predicted molar refractivity (Wildman–Crippen MR) is 307 cm³/mol. The van der Waals surface area contributed by atoms with Gasteiger partial charge in [-0.25, -0.2) is 0 Å². The molecular weight excluding hydrogens is 879 g/mol. The second-order valence-corrected chi connectivity index (χ2v) is 21.6. The van der Waals surface area contributed by atoms with Crippen LogP contribution >= 0.6 is 0 Å². The van der Waals surface area contributed by atoms with E-state index in [-0.39, 0.29) is 18.5 Å². The summed E-state index contributed by atoms with van der Waals surface area (Å²) >= 11 is 0. The quantitative estimate of drug-likeness (QED) is 0.0274. The lowest BCUT2D eigenvalue weighted by molar-refractivity contribution is -0.143. The Morgan fingerprint density at radius 2 is 0.775 bits per heavy atom. The van der Waals surface area contributed by atoms with Gasteiger partial charge in [0.2, 0.25) is 5.91 Å². The minimum absolute atomic E-state index is 0.00118. The van der Waals surface area contributed by atoms with Gasteiger partial charge in [0.05, 0.1) is 31.5 Å². The van der Waals surface area contributed by atoms with Gasteiger partial charge in [-0.2, -0.15) is 0 Å². The third kappa shape index (κ3) is 55.6. The molecule has 71 heavy (non-hydrogen) atoms. The number of amides is 1. The highest BCUT2D eigenvalue weighted by Gasteiger charge is 2.18. The Balaban J connectivity index is 3.42. The van der Waals surface area contributed by atoms with Crippen LogP contribution in [-0.2, 0) is 14.3 Å². The highest BCUT2D eigenvalue weighted by molar-refractivity contribution is 5.76. The van der Waals surface area contributed by atoms with Crippen molar-refractivity contribution in [3.8, 4) is 0 Å². The topological polar surface area (TPSA) is 116 Å². The van der Waals surface area contributed by atoms with Crippen molar-refractivity contribution in [3.63, 3.8) is 0 Å². The van der Waals surface area contributed by atoms with E-state index in [1.165, 1.54) is 244 Å². The third-order valence-corrected chi connectivity index (χ3v) is 14.5. The van der Waals surface area contributed by atoms with E-state index in [2.05, 4.69) is 43.5 Å². The van der Waals surface area contributed by atoms with Crippen LogP contribution in [0, 0.1) is 0 Å². The molecule has 0 aliphatic heterocycles. The first-order valence-electron chi connectivity index (χ1n) is 31.3. The van der Waals surface area contributed by atoms with Gasteiger partial charge in [0, 0.05) is 12.8 Å². The molecule has 0 saturated heterocycles. The summed E-state index contributed by atoms with van der Waals surface area (Å²) in [7, 11) is 0.